The molecule has 0 fully saturated rings. The molecule has 0 heterocycles. The zero-order valence-electron chi connectivity index (χ0n) is 10.8. The summed E-state index contributed by atoms with van der Waals surface area (Å²) >= 11 is 0. The van der Waals surface area contributed by atoms with Crippen molar-refractivity contribution in [2.45, 2.75) is 31.9 Å². The minimum absolute atomic E-state index is 0.253. The molecular weight excluding hydrogens is 261 g/mol. The van der Waals surface area contributed by atoms with Gasteiger partial charge in [0.1, 0.15) is 5.75 Å². The highest BCUT2D eigenvalue weighted by molar-refractivity contribution is 5.69. The van der Waals surface area contributed by atoms with E-state index in [-0.39, 0.29) is 12.2 Å². The smallest absolute Gasteiger partial charge is 0.419 e. The summed E-state index contributed by atoms with van der Waals surface area (Å²) in [4.78, 5) is 10.7. The van der Waals surface area contributed by atoms with Gasteiger partial charge in [-0.05, 0) is 17.7 Å². The maximum atomic E-state index is 12.9. The summed E-state index contributed by atoms with van der Waals surface area (Å²) in [6.45, 7) is 3.17. The van der Waals surface area contributed by atoms with Crippen LogP contribution in [0.4, 0.5) is 13.2 Å². The number of carbonyl (C=O) groups is 1. The van der Waals surface area contributed by atoms with Gasteiger partial charge < -0.3 is 9.84 Å². The van der Waals surface area contributed by atoms with E-state index in [0.717, 1.165) is 13.2 Å². The van der Waals surface area contributed by atoms with Crippen LogP contribution < -0.4 is 4.74 Å². The van der Waals surface area contributed by atoms with Crippen LogP contribution in [0.5, 0.6) is 5.75 Å². The molecule has 0 saturated heterocycles. The van der Waals surface area contributed by atoms with Crippen molar-refractivity contribution < 1.29 is 27.8 Å². The van der Waals surface area contributed by atoms with Gasteiger partial charge in [-0.1, -0.05) is 19.9 Å². The molecular formula is C13H15F3O3. The lowest BCUT2D eigenvalue weighted by molar-refractivity contribution is -0.139. The lowest BCUT2D eigenvalue weighted by Crippen LogP contribution is -2.22. The Bertz CT molecular complexity index is 479. The van der Waals surface area contributed by atoms with Gasteiger partial charge in [0.15, 0.2) is 0 Å². The molecule has 1 aromatic rings. The third kappa shape index (κ3) is 3.62. The van der Waals surface area contributed by atoms with Crippen molar-refractivity contribution in [2.24, 2.45) is 0 Å². The summed E-state index contributed by atoms with van der Waals surface area (Å²) in [7, 11) is 1.16. The van der Waals surface area contributed by atoms with Gasteiger partial charge in [0, 0.05) is 5.41 Å². The Morgan fingerprint density at radius 3 is 2.32 bits per heavy atom. The van der Waals surface area contributed by atoms with Crippen LogP contribution in [-0.4, -0.2) is 18.2 Å². The number of carboxylic acids is 1. The van der Waals surface area contributed by atoms with E-state index in [1.165, 1.54) is 12.1 Å². The molecule has 0 spiro atoms. The second kappa shape index (κ2) is 5.11. The molecule has 0 saturated carbocycles. The second-order valence-electron chi connectivity index (χ2n) is 4.87. The summed E-state index contributed by atoms with van der Waals surface area (Å²) < 4.78 is 43.3. The molecule has 1 rings (SSSR count). The molecule has 0 bridgehead atoms. The zero-order valence-corrected chi connectivity index (χ0v) is 10.8. The molecule has 3 nitrogen and oxygen atoms in total. The summed E-state index contributed by atoms with van der Waals surface area (Å²) in [5.41, 5.74) is -1.48. The van der Waals surface area contributed by atoms with E-state index in [2.05, 4.69) is 4.74 Å². The minimum atomic E-state index is -4.54. The molecule has 6 heteroatoms. The van der Waals surface area contributed by atoms with Gasteiger partial charge in [-0.25, -0.2) is 0 Å². The van der Waals surface area contributed by atoms with Crippen LogP contribution in [0.1, 0.15) is 31.4 Å². The van der Waals surface area contributed by atoms with Gasteiger partial charge in [-0.3, -0.25) is 4.79 Å². The van der Waals surface area contributed by atoms with Crippen molar-refractivity contribution in [1.29, 1.82) is 0 Å². The molecule has 0 aliphatic rings. The average molecular weight is 276 g/mol. The molecule has 19 heavy (non-hydrogen) atoms. The van der Waals surface area contributed by atoms with E-state index < -0.39 is 23.1 Å². The van der Waals surface area contributed by atoms with E-state index in [1.54, 1.807) is 13.8 Å². The molecule has 0 aromatic heterocycles. The summed E-state index contributed by atoms with van der Waals surface area (Å²) in [6, 6.07) is 3.61. The third-order valence-corrected chi connectivity index (χ3v) is 2.88. The molecule has 0 unspecified atom stereocenters. The lowest BCUT2D eigenvalue weighted by atomic mass is 9.81. The fourth-order valence-corrected chi connectivity index (χ4v) is 1.83. The van der Waals surface area contributed by atoms with E-state index in [9.17, 15) is 18.0 Å². The maximum Gasteiger partial charge on any atom is 0.419 e. The van der Waals surface area contributed by atoms with Crippen LogP contribution in [0.3, 0.4) is 0 Å². The summed E-state index contributed by atoms with van der Waals surface area (Å²) in [6.07, 6.45) is -4.79. The first kappa shape index (κ1) is 15.3. The molecule has 0 radical (unpaired) electrons. The Labute approximate surface area is 109 Å². The van der Waals surface area contributed by atoms with Crippen molar-refractivity contribution in [3.63, 3.8) is 0 Å². The molecule has 0 amide bonds. The lowest BCUT2D eigenvalue weighted by Gasteiger charge is -2.24. The monoisotopic (exact) mass is 276 g/mol. The highest BCUT2D eigenvalue weighted by Crippen LogP contribution is 2.39. The number of carboxylic acid groups (broad SMARTS) is 1. The van der Waals surface area contributed by atoms with Crippen LogP contribution in [-0.2, 0) is 16.4 Å². The molecule has 1 aromatic carbocycles. The van der Waals surface area contributed by atoms with E-state index in [0.29, 0.717) is 5.56 Å². The van der Waals surface area contributed by atoms with Crippen molar-refractivity contribution >= 4 is 5.97 Å². The average Bonchev–Trinajstić information content (AvgIpc) is 2.25. The van der Waals surface area contributed by atoms with E-state index in [1.807, 2.05) is 0 Å². The van der Waals surface area contributed by atoms with Gasteiger partial charge in [0.2, 0.25) is 0 Å². The largest absolute Gasteiger partial charge is 0.496 e. The third-order valence-electron chi connectivity index (χ3n) is 2.88. The predicted molar refractivity (Wildman–Crippen MR) is 63.3 cm³/mol. The molecule has 1 N–H and O–H groups in total. The first-order chi connectivity index (χ1) is 8.58. The molecule has 106 valence electrons. The van der Waals surface area contributed by atoms with Gasteiger partial charge in [-0.15, -0.1) is 0 Å². The Hall–Kier alpha value is -1.72. The topological polar surface area (TPSA) is 46.5 Å². The number of rotatable bonds is 4. The fourth-order valence-electron chi connectivity index (χ4n) is 1.83. The first-order valence-corrected chi connectivity index (χ1v) is 5.55. The van der Waals surface area contributed by atoms with Gasteiger partial charge in [0.05, 0.1) is 19.1 Å². The Morgan fingerprint density at radius 1 is 1.32 bits per heavy atom. The van der Waals surface area contributed by atoms with Crippen molar-refractivity contribution in [3.8, 4) is 5.75 Å². The van der Waals surface area contributed by atoms with Crippen molar-refractivity contribution in [2.75, 3.05) is 7.11 Å². The van der Waals surface area contributed by atoms with Gasteiger partial charge in [-0.2, -0.15) is 13.2 Å². The standard InChI is InChI=1S/C13H15F3O3/c1-12(2,7-11(17)18)8-4-5-10(19-3)9(6-8)13(14,15)16/h4-6H,7H2,1-3H3,(H,17,18). The van der Waals surface area contributed by atoms with E-state index >= 15 is 0 Å². The van der Waals surface area contributed by atoms with Crippen LogP contribution in [0.25, 0.3) is 0 Å². The highest BCUT2D eigenvalue weighted by Gasteiger charge is 2.36. The van der Waals surface area contributed by atoms with Crippen molar-refractivity contribution in [1.82, 2.24) is 0 Å². The van der Waals surface area contributed by atoms with Crippen LogP contribution >= 0.6 is 0 Å². The Balaban J connectivity index is 3.29. The first-order valence-electron chi connectivity index (χ1n) is 5.55. The zero-order chi connectivity index (χ0) is 14.8. The SMILES string of the molecule is COc1ccc(C(C)(C)CC(=O)O)cc1C(F)(F)F. The molecule has 0 aliphatic carbocycles. The number of alkyl halides is 3. The maximum absolute atomic E-state index is 12.9. The number of aliphatic carboxylic acids is 1. The van der Waals surface area contributed by atoms with Crippen LogP contribution in [0.15, 0.2) is 18.2 Å². The number of hydrogen-bond acceptors (Lipinski definition) is 2. The number of hydrogen-bond donors (Lipinski definition) is 1. The number of halogens is 3. The minimum Gasteiger partial charge on any atom is -0.496 e. The molecule has 0 aliphatic heterocycles. The van der Waals surface area contributed by atoms with Gasteiger partial charge in [0.25, 0.3) is 0 Å². The van der Waals surface area contributed by atoms with Crippen LogP contribution in [0.2, 0.25) is 0 Å². The normalized spacial score (nSPS) is 12.3. The van der Waals surface area contributed by atoms with Gasteiger partial charge >= 0.3 is 12.1 Å². The summed E-state index contributed by atoms with van der Waals surface area (Å²) in [5, 5.41) is 8.79. The highest BCUT2D eigenvalue weighted by atomic mass is 19.4. The fraction of sp³-hybridized carbons (Fsp3) is 0.462. The van der Waals surface area contributed by atoms with E-state index in [4.69, 9.17) is 5.11 Å². The number of benzene rings is 1. The quantitative estimate of drug-likeness (QED) is 0.916. The second-order valence-corrected chi connectivity index (χ2v) is 4.87. The van der Waals surface area contributed by atoms with Crippen molar-refractivity contribution in [3.05, 3.63) is 29.3 Å². The predicted octanol–water partition coefficient (Wildman–Crippen LogP) is 3.47. The number of methoxy groups -OCH3 is 1. The van der Waals surface area contributed by atoms with Crippen LogP contribution in [0, 0.1) is 0 Å². The summed E-state index contributed by atoms with van der Waals surface area (Å²) in [5.74, 6) is -1.34. The molecule has 0 atom stereocenters. The Morgan fingerprint density at radius 2 is 1.89 bits per heavy atom. The Kier molecular flexibility index (Phi) is 4.12. The number of ether oxygens (including phenoxy) is 1.